The van der Waals surface area contributed by atoms with Crippen LogP contribution < -0.4 is 14.8 Å². The molecule has 9 nitrogen and oxygen atoms in total. The molecule has 35 heavy (non-hydrogen) atoms. The highest BCUT2D eigenvalue weighted by atomic mass is 16.6. The van der Waals surface area contributed by atoms with E-state index in [1.807, 2.05) is 30.3 Å². The van der Waals surface area contributed by atoms with Crippen LogP contribution in [-0.4, -0.2) is 55.3 Å². The number of amides is 3. The summed E-state index contributed by atoms with van der Waals surface area (Å²) in [6.07, 6.45) is 2.43. The molecular formula is C26H26N2O7. The predicted molar refractivity (Wildman–Crippen MR) is 123 cm³/mol. The van der Waals surface area contributed by atoms with E-state index in [0.29, 0.717) is 17.1 Å². The Morgan fingerprint density at radius 3 is 2.43 bits per heavy atom. The molecule has 3 amide bonds. The second-order valence-corrected chi connectivity index (χ2v) is 8.80. The lowest BCUT2D eigenvalue weighted by atomic mass is 9.77. The second kappa shape index (κ2) is 9.07. The molecule has 1 N–H and O–H groups in total. The first-order chi connectivity index (χ1) is 16.9. The van der Waals surface area contributed by atoms with Gasteiger partial charge >= 0.3 is 6.09 Å². The Labute approximate surface area is 202 Å². The summed E-state index contributed by atoms with van der Waals surface area (Å²) in [5, 5.41) is 2.70. The maximum absolute atomic E-state index is 13.3. The maximum Gasteiger partial charge on any atom is 0.407 e. The smallest absolute Gasteiger partial charge is 0.407 e. The van der Waals surface area contributed by atoms with Gasteiger partial charge in [0.25, 0.3) is 0 Å². The van der Waals surface area contributed by atoms with Gasteiger partial charge < -0.3 is 24.3 Å². The fraction of sp³-hybridized carbons (Fsp3) is 0.346. The Morgan fingerprint density at radius 1 is 1.03 bits per heavy atom. The maximum atomic E-state index is 13.3. The van der Waals surface area contributed by atoms with Gasteiger partial charge in [0, 0.05) is 6.07 Å². The van der Waals surface area contributed by atoms with Crippen LogP contribution in [0.1, 0.15) is 11.1 Å². The Kier molecular flexibility index (Phi) is 5.94. The summed E-state index contributed by atoms with van der Waals surface area (Å²) >= 11 is 0. The number of methoxy groups -OCH3 is 2. The zero-order chi connectivity index (χ0) is 24.6. The number of imide groups is 1. The molecule has 0 unspecified atom stereocenters. The highest BCUT2D eigenvalue weighted by Crippen LogP contribution is 2.51. The fourth-order valence-electron chi connectivity index (χ4n) is 5.05. The van der Waals surface area contributed by atoms with Crippen LogP contribution >= 0.6 is 0 Å². The average Bonchev–Trinajstić information content (AvgIpc) is 3.53. The molecule has 2 aromatic rings. The summed E-state index contributed by atoms with van der Waals surface area (Å²) in [5.74, 6) is -0.627. The van der Waals surface area contributed by atoms with E-state index in [9.17, 15) is 14.4 Å². The van der Waals surface area contributed by atoms with Gasteiger partial charge in [0.05, 0.1) is 45.2 Å². The topological polar surface area (TPSA) is 103 Å². The quantitative estimate of drug-likeness (QED) is 0.459. The van der Waals surface area contributed by atoms with Gasteiger partial charge in [-0.3, -0.25) is 14.5 Å². The minimum atomic E-state index is -1.08. The van der Waals surface area contributed by atoms with Crippen LogP contribution in [0.25, 0.3) is 0 Å². The number of benzene rings is 2. The number of nitrogens with one attached hydrogen (secondary N) is 1. The Hall–Kier alpha value is -3.85. The van der Waals surface area contributed by atoms with E-state index in [1.165, 1.54) is 4.90 Å². The first-order valence-corrected chi connectivity index (χ1v) is 11.3. The van der Waals surface area contributed by atoms with Crippen molar-refractivity contribution in [2.45, 2.75) is 24.9 Å². The van der Waals surface area contributed by atoms with Crippen LogP contribution in [-0.2, 0) is 32.2 Å². The minimum absolute atomic E-state index is 0.0000379. The van der Waals surface area contributed by atoms with Crippen LogP contribution in [0.15, 0.2) is 60.7 Å². The van der Waals surface area contributed by atoms with Gasteiger partial charge in [-0.2, -0.15) is 0 Å². The number of carbonyl (C=O) groups is 3. The number of hydrogen-bond acceptors (Lipinski definition) is 7. The van der Waals surface area contributed by atoms with Crippen molar-refractivity contribution >= 4 is 17.9 Å². The summed E-state index contributed by atoms with van der Waals surface area (Å²) in [6, 6.07) is 14.6. The van der Waals surface area contributed by atoms with Gasteiger partial charge in [0.2, 0.25) is 11.8 Å². The van der Waals surface area contributed by atoms with Crippen molar-refractivity contribution < 1.29 is 33.3 Å². The third-order valence-corrected chi connectivity index (χ3v) is 6.72. The van der Waals surface area contributed by atoms with Crippen molar-refractivity contribution in [3.05, 3.63) is 71.8 Å². The monoisotopic (exact) mass is 478 g/mol. The van der Waals surface area contributed by atoms with E-state index in [4.69, 9.17) is 18.9 Å². The SMILES string of the molecule is COc1cc(COC(=O)NC[C@@]23C=C[C@@H](O2)[C@@H]2C(=O)N(Cc4ccccc4)C(=O)[C@H]23)cc(OC)c1. The molecule has 0 aliphatic carbocycles. The van der Waals surface area contributed by atoms with Crippen LogP contribution in [0.5, 0.6) is 11.5 Å². The summed E-state index contributed by atoms with van der Waals surface area (Å²) in [7, 11) is 3.08. The number of fused-ring (bicyclic) bond motifs is 5. The zero-order valence-corrected chi connectivity index (χ0v) is 19.4. The number of ether oxygens (including phenoxy) is 4. The normalized spacial score (nSPS) is 26.1. The van der Waals surface area contributed by atoms with Gasteiger partial charge in [0.15, 0.2) is 0 Å². The summed E-state index contributed by atoms with van der Waals surface area (Å²) in [4.78, 5) is 40.2. The molecule has 2 fully saturated rings. The second-order valence-electron chi connectivity index (χ2n) is 8.80. The Morgan fingerprint density at radius 2 is 1.74 bits per heavy atom. The van der Waals surface area contributed by atoms with Crippen molar-refractivity contribution in [2.24, 2.45) is 11.8 Å². The van der Waals surface area contributed by atoms with Crippen molar-refractivity contribution in [3.63, 3.8) is 0 Å². The molecule has 3 aliphatic heterocycles. The molecule has 5 rings (SSSR count). The zero-order valence-electron chi connectivity index (χ0n) is 19.4. The molecule has 0 saturated carbocycles. The number of carbonyl (C=O) groups excluding carboxylic acids is 3. The van der Waals surface area contributed by atoms with Crippen molar-refractivity contribution in [1.82, 2.24) is 10.2 Å². The number of likely N-dealkylation sites (tertiary alicyclic amines) is 1. The molecule has 2 saturated heterocycles. The lowest BCUT2D eigenvalue weighted by Gasteiger charge is -2.29. The number of nitrogens with zero attached hydrogens (tertiary/aromatic N) is 1. The summed E-state index contributed by atoms with van der Waals surface area (Å²) in [5.41, 5.74) is 0.493. The largest absolute Gasteiger partial charge is 0.497 e. The van der Waals surface area contributed by atoms with Gasteiger partial charge in [0.1, 0.15) is 23.7 Å². The molecule has 2 aromatic carbocycles. The third-order valence-electron chi connectivity index (χ3n) is 6.72. The third kappa shape index (κ3) is 4.12. The lowest BCUT2D eigenvalue weighted by Crippen LogP contribution is -2.48. The standard InChI is InChI=1S/C26H26N2O7/c1-32-18-10-17(11-19(12-18)33-2)14-34-25(31)27-15-26-9-8-20(35-26)21-22(26)24(30)28(23(21)29)13-16-6-4-3-5-7-16/h3-12,20-22H,13-15H2,1-2H3,(H,27,31)/t20-,21+,22+,26-/m1/s1. The van der Waals surface area contributed by atoms with Crippen molar-refractivity contribution in [2.75, 3.05) is 20.8 Å². The number of alkyl carbamates (subject to hydrolysis) is 1. The van der Waals surface area contributed by atoms with E-state index in [2.05, 4.69) is 5.32 Å². The molecule has 0 spiro atoms. The first-order valence-electron chi connectivity index (χ1n) is 11.3. The fourth-order valence-corrected chi connectivity index (χ4v) is 5.05. The van der Waals surface area contributed by atoms with E-state index in [0.717, 1.165) is 5.56 Å². The molecular weight excluding hydrogens is 452 g/mol. The molecule has 3 aliphatic rings. The summed E-state index contributed by atoms with van der Waals surface area (Å²) < 4.78 is 21.9. The van der Waals surface area contributed by atoms with Gasteiger partial charge in [-0.05, 0) is 23.3 Å². The number of hydrogen-bond donors (Lipinski definition) is 1. The Balaban J connectivity index is 1.23. The molecule has 9 heteroatoms. The number of rotatable bonds is 8. The van der Waals surface area contributed by atoms with Crippen molar-refractivity contribution in [1.29, 1.82) is 0 Å². The highest BCUT2D eigenvalue weighted by molar-refractivity contribution is 6.07. The predicted octanol–water partition coefficient (Wildman–Crippen LogP) is 2.44. The average molecular weight is 479 g/mol. The first kappa shape index (κ1) is 22.9. The van der Waals surface area contributed by atoms with E-state index >= 15 is 0 Å². The summed E-state index contributed by atoms with van der Waals surface area (Å²) in [6.45, 7) is 0.230. The van der Waals surface area contributed by atoms with E-state index in [1.54, 1.807) is 44.6 Å². The molecule has 182 valence electrons. The van der Waals surface area contributed by atoms with Crippen LogP contribution in [0.2, 0.25) is 0 Å². The van der Waals surface area contributed by atoms with Crippen LogP contribution in [0.3, 0.4) is 0 Å². The van der Waals surface area contributed by atoms with E-state index in [-0.39, 0.29) is 31.5 Å². The minimum Gasteiger partial charge on any atom is -0.497 e. The van der Waals surface area contributed by atoms with Crippen LogP contribution in [0, 0.1) is 11.8 Å². The molecule has 3 heterocycles. The van der Waals surface area contributed by atoms with Crippen molar-refractivity contribution in [3.8, 4) is 11.5 Å². The van der Waals surface area contributed by atoms with Gasteiger partial charge in [-0.1, -0.05) is 42.5 Å². The molecule has 0 aromatic heterocycles. The molecule has 2 bridgehead atoms. The molecule has 0 radical (unpaired) electrons. The molecule has 4 atom stereocenters. The van der Waals surface area contributed by atoms with Gasteiger partial charge in [-0.25, -0.2) is 4.79 Å². The Bertz CT molecular complexity index is 1160. The van der Waals surface area contributed by atoms with Crippen LogP contribution in [0.4, 0.5) is 4.79 Å². The van der Waals surface area contributed by atoms with E-state index < -0.39 is 29.6 Å². The van der Waals surface area contributed by atoms with Gasteiger partial charge in [-0.15, -0.1) is 0 Å². The highest BCUT2D eigenvalue weighted by Gasteiger charge is 2.67. The lowest BCUT2D eigenvalue weighted by molar-refractivity contribution is -0.144.